The molecule has 0 radical (unpaired) electrons. The highest BCUT2D eigenvalue weighted by Crippen LogP contribution is 2.12. The molecule has 1 unspecified atom stereocenters. The zero-order chi connectivity index (χ0) is 52.9. The van der Waals surface area contributed by atoms with Crippen LogP contribution in [0.15, 0.2) is 170 Å². The van der Waals surface area contributed by atoms with Crippen molar-refractivity contribution in [3.8, 4) is 0 Å². The summed E-state index contributed by atoms with van der Waals surface area (Å²) in [6.07, 6.45) is 87.7. The van der Waals surface area contributed by atoms with Crippen molar-refractivity contribution in [2.24, 2.45) is 0 Å². The summed E-state index contributed by atoms with van der Waals surface area (Å²) >= 11 is 0. The molecule has 0 saturated carbocycles. The van der Waals surface area contributed by atoms with Crippen LogP contribution in [0.25, 0.3) is 0 Å². The van der Waals surface area contributed by atoms with E-state index >= 15 is 0 Å². The summed E-state index contributed by atoms with van der Waals surface area (Å²) in [4.78, 5) is 38.2. The van der Waals surface area contributed by atoms with Crippen molar-refractivity contribution in [3.05, 3.63) is 170 Å². The maximum Gasteiger partial charge on any atom is 0.306 e. The standard InChI is InChI=1S/C67H102O6/c1-4-7-10-13-16-19-22-25-28-30-32-33-35-36-39-42-45-48-51-54-57-60-66(69)72-63-64(62-71-65(68)59-56-53-50-47-44-41-38-27-24-21-18-15-12-9-6-3)73-67(70)61-58-55-52-49-46-43-40-37-34-31-29-26-23-20-17-14-11-8-5-2/h7-12,16-21,25-29,32-34,36-39,43-44,46-47,64H,4-6,13-15,22-24,30-31,35,40-42,45,48-63H2,1-3H3/b10-7-,11-8-,12-9-,19-16-,20-17-,21-18-,28-25-,29-26-,33-32-,37-34-,38-27-,39-36-,46-43-,47-44-. The number of carbonyl (C=O) groups excluding carboxylic acids is 3. The van der Waals surface area contributed by atoms with Gasteiger partial charge >= 0.3 is 17.9 Å². The first kappa shape index (κ1) is 67.8. The maximum atomic E-state index is 12.9. The van der Waals surface area contributed by atoms with Crippen molar-refractivity contribution in [2.45, 2.75) is 219 Å². The summed E-state index contributed by atoms with van der Waals surface area (Å²) in [7, 11) is 0. The van der Waals surface area contributed by atoms with Crippen LogP contribution in [-0.4, -0.2) is 37.2 Å². The number of unbranched alkanes of at least 4 members (excludes halogenated alkanes) is 10. The Labute approximate surface area is 447 Å². The molecule has 0 aliphatic rings. The van der Waals surface area contributed by atoms with Crippen molar-refractivity contribution in [1.82, 2.24) is 0 Å². The molecule has 0 N–H and O–H groups in total. The number of esters is 3. The minimum atomic E-state index is -0.831. The molecule has 0 aromatic heterocycles. The van der Waals surface area contributed by atoms with Gasteiger partial charge in [0.15, 0.2) is 6.10 Å². The lowest BCUT2D eigenvalue weighted by Gasteiger charge is -2.18. The highest BCUT2D eigenvalue weighted by atomic mass is 16.6. The van der Waals surface area contributed by atoms with Crippen LogP contribution in [0.5, 0.6) is 0 Å². The molecule has 0 aromatic rings. The summed E-state index contributed by atoms with van der Waals surface area (Å²) < 4.78 is 16.8. The maximum absolute atomic E-state index is 12.9. The van der Waals surface area contributed by atoms with Crippen LogP contribution in [0.1, 0.15) is 213 Å². The molecule has 0 heterocycles. The van der Waals surface area contributed by atoms with Crippen molar-refractivity contribution in [3.63, 3.8) is 0 Å². The van der Waals surface area contributed by atoms with Crippen LogP contribution in [0.2, 0.25) is 0 Å². The van der Waals surface area contributed by atoms with Gasteiger partial charge in [-0.25, -0.2) is 0 Å². The van der Waals surface area contributed by atoms with Gasteiger partial charge in [-0.05, 0) is 148 Å². The topological polar surface area (TPSA) is 78.9 Å². The van der Waals surface area contributed by atoms with Crippen LogP contribution >= 0.6 is 0 Å². The van der Waals surface area contributed by atoms with Gasteiger partial charge in [0, 0.05) is 19.3 Å². The number of hydrogen-bond acceptors (Lipinski definition) is 6. The Morgan fingerprint density at radius 2 is 0.493 bits per heavy atom. The SMILES string of the molecule is CC/C=C\C/C=C\C/C=C\C/C=C\C/C=C\CCCCCCCC(=O)OCC(COC(=O)CCCC/C=C\C/C=C\C/C=C\C/C=C\CC)OC(=O)CCCCC/C=C\C/C=C\C/C=C\C/C=C\C/C=C\CC. The molecule has 406 valence electrons. The largest absolute Gasteiger partial charge is 0.462 e. The molecule has 0 fully saturated rings. The molecule has 0 aromatic carbocycles. The molecule has 0 aliphatic carbocycles. The predicted molar refractivity (Wildman–Crippen MR) is 315 cm³/mol. The molecule has 73 heavy (non-hydrogen) atoms. The molecule has 6 nitrogen and oxygen atoms in total. The van der Waals surface area contributed by atoms with Gasteiger partial charge in [0.05, 0.1) is 0 Å². The van der Waals surface area contributed by atoms with E-state index in [9.17, 15) is 14.4 Å². The van der Waals surface area contributed by atoms with Crippen LogP contribution in [0, 0.1) is 0 Å². The molecule has 6 heteroatoms. The molecular formula is C67H102O6. The van der Waals surface area contributed by atoms with Gasteiger partial charge in [-0.15, -0.1) is 0 Å². The molecule has 0 bridgehead atoms. The Morgan fingerprint density at radius 3 is 0.808 bits per heavy atom. The first-order valence-corrected chi connectivity index (χ1v) is 28.6. The molecule has 0 spiro atoms. The van der Waals surface area contributed by atoms with E-state index in [0.29, 0.717) is 19.3 Å². The van der Waals surface area contributed by atoms with Crippen molar-refractivity contribution < 1.29 is 28.6 Å². The molecule has 0 saturated heterocycles. The van der Waals surface area contributed by atoms with Gasteiger partial charge in [-0.2, -0.15) is 0 Å². The molecule has 1 atom stereocenters. The third kappa shape index (κ3) is 57.5. The average Bonchev–Trinajstić information content (AvgIpc) is 3.39. The van der Waals surface area contributed by atoms with Crippen LogP contribution < -0.4 is 0 Å². The fraction of sp³-hybridized carbons (Fsp3) is 0.537. The fourth-order valence-electron chi connectivity index (χ4n) is 7.01. The van der Waals surface area contributed by atoms with E-state index in [1.54, 1.807) is 0 Å². The highest BCUT2D eigenvalue weighted by Gasteiger charge is 2.19. The van der Waals surface area contributed by atoms with Crippen LogP contribution in [0.3, 0.4) is 0 Å². The van der Waals surface area contributed by atoms with Gasteiger partial charge in [0.25, 0.3) is 0 Å². The normalized spacial score (nSPS) is 13.4. The lowest BCUT2D eigenvalue weighted by atomic mass is 10.1. The number of ether oxygens (including phenoxy) is 3. The van der Waals surface area contributed by atoms with E-state index in [1.165, 1.54) is 0 Å². The molecule has 0 rings (SSSR count). The second kappa shape index (κ2) is 59.3. The zero-order valence-electron chi connectivity index (χ0n) is 46.3. The minimum Gasteiger partial charge on any atom is -0.462 e. The number of allylic oxidation sites excluding steroid dienone is 28. The van der Waals surface area contributed by atoms with Gasteiger partial charge in [0.2, 0.25) is 0 Å². The highest BCUT2D eigenvalue weighted by molar-refractivity contribution is 5.71. The fourth-order valence-corrected chi connectivity index (χ4v) is 7.01. The summed E-state index contributed by atoms with van der Waals surface area (Å²) in [6, 6.07) is 0. The van der Waals surface area contributed by atoms with Gasteiger partial charge in [-0.1, -0.05) is 217 Å². The number of rotatable bonds is 49. The quantitative estimate of drug-likeness (QED) is 0.0261. The zero-order valence-corrected chi connectivity index (χ0v) is 46.3. The number of hydrogen-bond donors (Lipinski definition) is 0. The second-order valence-electron chi connectivity index (χ2n) is 18.0. The lowest BCUT2D eigenvalue weighted by Crippen LogP contribution is -2.30. The molecule has 0 amide bonds. The molecule has 0 aliphatic heterocycles. The van der Waals surface area contributed by atoms with E-state index in [-0.39, 0.29) is 44.0 Å². The van der Waals surface area contributed by atoms with E-state index < -0.39 is 6.10 Å². The Hall–Kier alpha value is -5.23. The smallest absolute Gasteiger partial charge is 0.306 e. The third-order valence-electron chi connectivity index (χ3n) is 11.2. The van der Waals surface area contributed by atoms with E-state index in [1.807, 2.05) is 0 Å². The predicted octanol–water partition coefficient (Wildman–Crippen LogP) is 19.5. The Bertz CT molecular complexity index is 1720. The Kier molecular flexibility index (Phi) is 55.1. The Balaban J connectivity index is 4.58. The van der Waals surface area contributed by atoms with Gasteiger partial charge < -0.3 is 14.2 Å². The first-order valence-electron chi connectivity index (χ1n) is 28.6. The minimum absolute atomic E-state index is 0.124. The van der Waals surface area contributed by atoms with Crippen LogP contribution in [-0.2, 0) is 28.6 Å². The van der Waals surface area contributed by atoms with E-state index in [4.69, 9.17) is 14.2 Å². The lowest BCUT2D eigenvalue weighted by molar-refractivity contribution is -0.167. The van der Waals surface area contributed by atoms with Crippen LogP contribution in [0.4, 0.5) is 0 Å². The first-order chi connectivity index (χ1) is 36.0. The van der Waals surface area contributed by atoms with E-state index in [0.717, 1.165) is 161 Å². The number of carbonyl (C=O) groups is 3. The summed E-state index contributed by atoms with van der Waals surface area (Å²) in [5, 5.41) is 0. The van der Waals surface area contributed by atoms with E-state index in [2.05, 4.69) is 191 Å². The van der Waals surface area contributed by atoms with Crippen molar-refractivity contribution in [1.29, 1.82) is 0 Å². The second-order valence-corrected chi connectivity index (χ2v) is 18.0. The third-order valence-corrected chi connectivity index (χ3v) is 11.2. The van der Waals surface area contributed by atoms with Gasteiger partial charge in [0.1, 0.15) is 13.2 Å². The summed E-state index contributed by atoms with van der Waals surface area (Å²) in [5.74, 6) is -1.03. The Morgan fingerprint density at radius 1 is 0.274 bits per heavy atom. The average molecular weight is 1000 g/mol. The summed E-state index contributed by atoms with van der Waals surface area (Å²) in [6.45, 7) is 6.19. The van der Waals surface area contributed by atoms with Crippen molar-refractivity contribution in [2.75, 3.05) is 13.2 Å². The van der Waals surface area contributed by atoms with Crippen molar-refractivity contribution >= 4 is 17.9 Å². The van der Waals surface area contributed by atoms with Gasteiger partial charge in [-0.3, -0.25) is 14.4 Å². The summed E-state index contributed by atoms with van der Waals surface area (Å²) in [5.41, 5.74) is 0. The monoisotopic (exact) mass is 1000 g/mol. The molecular weight excluding hydrogens is 901 g/mol.